The minimum atomic E-state index is -3.32. The third-order valence-corrected chi connectivity index (χ3v) is 4.91. The van der Waals surface area contributed by atoms with Crippen LogP contribution in [0.25, 0.3) is 0 Å². The minimum Gasteiger partial charge on any atom is -0.380 e. The van der Waals surface area contributed by atoms with Gasteiger partial charge in [-0.25, -0.2) is 13.1 Å². The fourth-order valence-electron chi connectivity index (χ4n) is 1.84. The van der Waals surface area contributed by atoms with Crippen LogP contribution in [0, 0.1) is 6.92 Å². The summed E-state index contributed by atoms with van der Waals surface area (Å²) < 4.78 is 32.0. The molecule has 1 N–H and O–H groups in total. The second kappa shape index (κ2) is 8.67. The summed E-state index contributed by atoms with van der Waals surface area (Å²) in [4.78, 5) is 0. The van der Waals surface area contributed by atoms with Gasteiger partial charge in [-0.15, -0.1) is 0 Å². The van der Waals surface area contributed by atoms with Crippen molar-refractivity contribution in [1.29, 1.82) is 0 Å². The Balaban J connectivity index is 2.52. The normalized spacial score (nSPS) is 13.3. The molecule has 0 aliphatic heterocycles. The van der Waals surface area contributed by atoms with Crippen molar-refractivity contribution in [3.63, 3.8) is 0 Å². The van der Waals surface area contributed by atoms with E-state index in [0.29, 0.717) is 6.54 Å². The van der Waals surface area contributed by atoms with E-state index in [9.17, 15) is 8.42 Å². The molecule has 1 aromatic carbocycles. The number of sulfonamides is 1. The van der Waals surface area contributed by atoms with Crippen molar-refractivity contribution in [3.05, 3.63) is 35.4 Å². The van der Waals surface area contributed by atoms with Crippen molar-refractivity contribution < 1.29 is 13.2 Å². The van der Waals surface area contributed by atoms with Crippen molar-refractivity contribution in [2.24, 2.45) is 0 Å². The summed E-state index contributed by atoms with van der Waals surface area (Å²) in [7, 11) is -1.71. The van der Waals surface area contributed by atoms with Gasteiger partial charge in [0.1, 0.15) is 0 Å². The Kier molecular flexibility index (Phi) is 7.58. The summed E-state index contributed by atoms with van der Waals surface area (Å²) in [5.74, 6) is 0.964. The van der Waals surface area contributed by atoms with E-state index in [2.05, 4.69) is 4.72 Å². The molecule has 1 aromatic rings. The molecule has 1 unspecified atom stereocenters. The molecule has 0 saturated carbocycles. The first-order chi connectivity index (χ1) is 9.46. The summed E-state index contributed by atoms with van der Waals surface area (Å²) >= 11 is 1.73. The fraction of sp³-hybridized carbons (Fsp3) is 0.571. The Morgan fingerprint density at radius 3 is 2.75 bits per heavy atom. The van der Waals surface area contributed by atoms with Crippen molar-refractivity contribution in [2.45, 2.75) is 25.2 Å². The number of nitrogens with one attached hydrogen (secondary N) is 1. The van der Waals surface area contributed by atoms with Gasteiger partial charge in [-0.3, -0.25) is 0 Å². The van der Waals surface area contributed by atoms with Crippen LogP contribution in [0.15, 0.2) is 24.3 Å². The predicted molar refractivity (Wildman–Crippen MR) is 85.6 cm³/mol. The number of hydrogen-bond acceptors (Lipinski definition) is 4. The van der Waals surface area contributed by atoms with Gasteiger partial charge in [-0.05, 0) is 30.9 Å². The standard InChI is InChI=1S/C14H23NO3S2/c1-12-5-4-6-13(9-12)11-20(16,17)15-10-14(18-2)7-8-19-3/h4-6,9,14-15H,7-8,10-11H2,1-3H3. The molecule has 1 rings (SSSR count). The van der Waals surface area contributed by atoms with E-state index in [-0.39, 0.29) is 11.9 Å². The molecule has 0 aliphatic carbocycles. The predicted octanol–water partition coefficient (Wildman–Crippen LogP) is 2.18. The molecule has 4 nitrogen and oxygen atoms in total. The third-order valence-electron chi connectivity index (χ3n) is 2.95. The van der Waals surface area contributed by atoms with Gasteiger partial charge in [0.05, 0.1) is 11.9 Å². The summed E-state index contributed by atoms with van der Waals surface area (Å²) in [6.45, 7) is 2.28. The average molecular weight is 317 g/mol. The SMILES string of the molecule is COC(CCSC)CNS(=O)(=O)Cc1cccc(C)c1. The number of thioether (sulfide) groups is 1. The molecule has 20 heavy (non-hydrogen) atoms. The molecule has 114 valence electrons. The van der Waals surface area contributed by atoms with Gasteiger partial charge in [0.25, 0.3) is 0 Å². The molecule has 0 aromatic heterocycles. The zero-order chi connectivity index (χ0) is 15.0. The smallest absolute Gasteiger partial charge is 0.215 e. The molecule has 6 heteroatoms. The molecule has 0 saturated heterocycles. The van der Waals surface area contributed by atoms with Gasteiger partial charge in [-0.2, -0.15) is 11.8 Å². The van der Waals surface area contributed by atoms with Crippen molar-refractivity contribution in [1.82, 2.24) is 4.72 Å². The first-order valence-electron chi connectivity index (χ1n) is 6.51. The lowest BCUT2D eigenvalue weighted by molar-refractivity contribution is 0.104. The van der Waals surface area contributed by atoms with Crippen LogP contribution in [0.5, 0.6) is 0 Å². The van der Waals surface area contributed by atoms with Crippen LogP contribution in [0.4, 0.5) is 0 Å². The quantitative estimate of drug-likeness (QED) is 0.758. The van der Waals surface area contributed by atoms with Crippen LogP contribution < -0.4 is 4.72 Å². The van der Waals surface area contributed by atoms with E-state index in [1.54, 1.807) is 18.9 Å². The van der Waals surface area contributed by atoms with Gasteiger partial charge < -0.3 is 4.74 Å². The zero-order valence-electron chi connectivity index (χ0n) is 12.3. The van der Waals surface area contributed by atoms with Gasteiger partial charge in [0.2, 0.25) is 10.0 Å². The largest absolute Gasteiger partial charge is 0.380 e. The molecule has 0 amide bonds. The zero-order valence-corrected chi connectivity index (χ0v) is 13.9. The maximum atomic E-state index is 12.0. The number of methoxy groups -OCH3 is 1. The molecule has 0 bridgehead atoms. The number of aryl methyl sites for hydroxylation is 1. The van der Waals surface area contributed by atoms with Gasteiger partial charge in [0.15, 0.2) is 0 Å². The van der Waals surface area contributed by atoms with Crippen molar-refractivity contribution >= 4 is 21.8 Å². The van der Waals surface area contributed by atoms with Crippen molar-refractivity contribution in [2.75, 3.05) is 25.7 Å². The van der Waals surface area contributed by atoms with E-state index >= 15 is 0 Å². The second-order valence-electron chi connectivity index (χ2n) is 4.74. The minimum absolute atomic E-state index is 0.00758. The van der Waals surface area contributed by atoms with E-state index in [1.807, 2.05) is 37.4 Å². The lowest BCUT2D eigenvalue weighted by Gasteiger charge is -2.15. The molecular formula is C14H23NO3S2. The Morgan fingerprint density at radius 1 is 1.40 bits per heavy atom. The van der Waals surface area contributed by atoms with E-state index < -0.39 is 10.0 Å². The molecule has 0 radical (unpaired) electrons. The highest BCUT2D eigenvalue weighted by atomic mass is 32.2. The first-order valence-corrected chi connectivity index (χ1v) is 9.56. The van der Waals surface area contributed by atoms with Crippen LogP contribution in [-0.2, 0) is 20.5 Å². The summed E-state index contributed by atoms with van der Waals surface area (Å²) in [6.07, 6.45) is 2.79. The highest BCUT2D eigenvalue weighted by Gasteiger charge is 2.15. The maximum Gasteiger partial charge on any atom is 0.215 e. The van der Waals surface area contributed by atoms with E-state index in [4.69, 9.17) is 4.74 Å². The molecular weight excluding hydrogens is 294 g/mol. The molecule has 0 fully saturated rings. The number of benzene rings is 1. The highest BCUT2D eigenvalue weighted by molar-refractivity contribution is 7.98. The van der Waals surface area contributed by atoms with E-state index in [1.165, 1.54) is 0 Å². The Labute approximate surface area is 126 Å². The van der Waals surface area contributed by atoms with Crippen LogP contribution in [0.3, 0.4) is 0 Å². The summed E-state index contributed by atoms with van der Waals surface area (Å²) in [5, 5.41) is 0. The summed E-state index contributed by atoms with van der Waals surface area (Å²) in [5.41, 5.74) is 1.86. The second-order valence-corrected chi connectivity index (χ2v) is 7.53. The van der Waals surface area contributed by atoms with Crippen LogP contribution >= 0.6 is 11.8 Å². The van der Waals surface area contributed by atoms with Gasteiger partial charge >= 0.3 is 0 Å². The van der Waals surface area contributed by atoms with Gasteiger partial charge in [0, 0.05) is 13.7 Å². The van der Waals surface area contributed by atoms with E-state index in [0.717, 1.165) is 23.3 Å². The Hall–Kier alpha value is -0.560. The number of hydrogen-bond donors (Lipinski definition) is 1. The monoisotopic (exact) mass is 317 g/mol. The van der Waals surface area contributed by atoms with Crippen molar-refractivity contribution in [3.8, 4) is 0 Å². The molecule has 0 spiro atoms. The molecule has 0 heterocycles. The van der Waals surface area contributed by atoms with Crippen LogP contribution in [-0.4, -0.2) is 40.2 Å². The van der Waals surface area contributed by atoms with Gasteiger partial charge in [-0.1, -0.05) is 29.8 Å². The topological polar surface area (TPSA) is 55.4 Å². The number of rotatable bonds is 9. The number of ether oxygens (including phenoxy) is 1. The highest BCUT2D eigenvalue weighted by Crippen LogP contribution is 2.08. The fourth-order valence-corrected chi connectivity index (χ4v) is 3.50. The lowest BCUT2D eigenvalue weighted by atomic mass is 10.2. The first kappa shape index (κ1) is 17.5. The molecule has 0 aliphatic rings. The van der Waals surface area contributed by atoms with Crippen LogP contribution in [0.1, 0.15) is 17.5 Å². The lowest BCUT2D eigenvalue weighted by Crippen LogP contribution is -2.34. The Morgan fingerprint density at radius 2 is 2.15 bits per heavy atom. The Bertz CT molecular complexity index is 503. The third kappa shape index (κ3) is 6.74. The van der Waals surface area contributed by atoms with Crippen LogP contribution in [0.2, 0.25) is 0 Å². The summed E-state index contributed by atoms with van der Waals surface area (Å²) in [6, 6.07) is 7.54. The maximum absolute atomic E-state index is 12.0. The molecule has 1 atom stereocenters. The average Bonchev–Trinajstić information content (AvgIpc) is 2.38.